The number of nitrogens with one attached hydrogen (secondary N) is 1. The summed E-state index contributed by atoms with van der Waals surface area (Å²) < 4.78 is 46.7. The number of aryl methyl sites for hydroxylation is 1. The smallest absolute Gasteiger partial charge is 0.246 e. The first-order valence-electron chi connectivity index (χ1n) is 12.2. The van der Waals surface area contributed by atoms with Gasteiger partial charge in [0.05, 0.1) is 24.9 Å². The highest BCUT2D eigenvalue weighted by atomic mass is 32.2. The lowest BCUT2D eigenvalue weighted by molar-refractivity contribution is -0.142. The number of hydrogen-bond donors (Lipinski definition) is 1. The number of sulfonamides is 1. The Morgan fingerprint density at radius 2 is 1.94 bits per heavy atom. The summed E-state index contributed by atoms with van der Waals surface area (Å²) in [7, 11) is -3.56. The molecular formula is C25H38FN3O5S. The Bertz CT molecular complexity index is 1070. The first-order chi connectivity index (χ1) is 16.1. The fraction of sp³-hybridized carbons (Fsp3) is 0.680. The van der Waals surface area contributed by atoms with E-state index in [9.17, 15) is 22.4 Å². The van der Waals surface area contributed by atoms with Gasteiger partial charge in [-0.15, -0.1) is 0 Å². The van der Waals surface area contributed by atoms with Gasteiger partial charge in [0, 0.05) is 18.5 Å². The standard InChI is InChI=1S/C25H38FN3O5S/c1-8-15(2)23(30)27-22(25(4,5)6)24(31)28-12-11-19-21(28)20(14-29(19)35(7,32)33)34-17-10-9-16(3)18(26)13-17/h9-10,13,15,19-22H,8,11-12,14H2,1-7H3,(H,27,30)/t15-,19-,20+,21+,22-/m1/s1. The average molecular weight is 512 g/mol. The van der Waals surface area contributed by atoms with Crippen LogP contribution in [0.2, 0.25) is 0 Å². The van der Waals surface area contributed by atoms with Gasteiger partial charge in [0.25, 0.3) is 0 Å². The summed E-state index contributed by atoms with van der Waals surface area (Å²) in [6.45, 7) is 11.4. The number of rotatable bonds is 7. The largest absolute Gasteiger partial charge is 0.487 e. The molecule has 0 aliphatic carbocycles. The molecule has 1 N–H and O–H groups in total. The number of benzene rings is 1. The molecule has 2 fully saturated rings. The third kappa shape index (κ3) is 5.80. The molecule has 0 spiro atoms. The third-order valence-corrected chi connectivity index (χ3v) is 8.40. The molecule has 10 heteroatoms. The fourth-order valence-electron chi connectivity index (χ4n) is 4.83. The van der Waals surface area contributed by atoms with Gasteiger partial charge in [-0.05, 0) is 36.8 Å². The van der Waals surface area contributed by atoms with Crippen LogP contribution in [-0.2, 0) is 19.6 Å². The molecule has 2 aliphatic rings. The molecule has 3 rings (SSSR count). The van der Waals surface area contributed by atoms with Crippen molar-refractivity contribution < 1.29 is 27.1 Å². The highest BCUT2D eigenvalue weighted by molar-refractivity contribution is 7.88. The van der Waals surface area contributed by atoms with Crippen LogP contribution >= 0.6 is 0 Å². The van der Waals surface area contributed by atoms with Crippen molar-refractivity contribution in [1.29, 1.82) is 0 Å². The van der Waals surface area contributed by atoms with Crippen LogP contribution in [0, 0.1) is 24.1 Å². The topological polar surface area (TPSA) is 96.0 Å². The Morgan fingerprint density at radius 3 is 2.49 bits per heavy atom. The van der Waals surface area contributed by atoms with Crippen LogP contribution in [-0.4, -0.2) is 73.0 Å². The summed E-state index contributed by atoms with van der Waals surface area (Å²) >= 11 is 0. The van der Waals surface area contributed by atoms with Crippen LogP contribution in [0.15, 0.2) is 18.2 Å². The van der Waals surface area contributed by atoms with Crippen molar-refractivity contribution in [2.24, 2.45) is 11.3 Å². The maximum atomic E-state index is 14.2. The van der Waals surface area contributed by atoms with E-state index in [1.807, 2.05) is 34.6 Å². The van der Waals surface area contributed by atoms with Gasteiger partial charge in [-0.25, -0.2) is 12.8 Å². The van der Waals surface area contributed by atoms with Crippen molar-refractivity contribution in [1.82, 2.24) is 14.5 Å². The molecule has 0 aromatic heterocycles. The summed E-state index contributed by atoms with van der Waals surface area (Å²) in [6, 6.07) is 2.74. The van der Waals surface area contributed by atoms with E-state index in [2.05, 4.69) is 5.32 Å². The molecule has 2 heterocycles. The van der Waals surface area contributed by atoms with Gasteiger partial charge in [0.15, 0.2) is 0 Å². The lowest BCUT2D eigenvalue weighted by Crippen LogP contribution is -2.58. The molecule has 0 saturated carbocycles. The van der Waals surface area contributed by atoms with Gasteiger partial charge in [-0.1, -0.05) is 40.7 Å². The first-order valence-corrected chi connectivity index (χ1v) is 14.0. The molecule has 0 bridgehead atoms. The fourth-order valence-corrected chi connectivity index (χ4v) is 5.97. The van der Waals surface area contributed by atoms with E-state index >= 15 is 0 Å². The summed E-state index contributed by atoms with van der Waals surface area (Å²) in [4.78, 5) is 28.2. The zero-order valence-electron chi connectivity index (χ0n) is 21.7. The molecular weight excluding hydrogens is 473 g/mol. The number of hydrogen-bond acceptors (Lipinski definition) is 5. The zero-order valence-corrected chi connectivity index (χ0v) is 22.5. The Hall–Kier alpha value is -2.20. The van der Waals surface area contributed by atoms with Gasteiger partial charge in [0.2, 0.25) is 21.8 Å². The van der Waals surface area contributed by atoms with Crippen LogP contribution in [0.25, 0.3) is 0 Å². The number of ether oxygens (including phenoxy) is 1. The molecule has 0 radical (unpaired) electrons. The molecule has 0 unspecified atom stereocenters. The van der Waals surface area contributed by atoms with E-state index in [0.29, 0.717) is 24.9 Å². The number of fused-ring (bicyclic) bond motifs is 1. The lowest BCUT2D eigenvalue weighted by Gasteiger charge is -2.37. The predicted octanol–water partition coefficient (Wildman–Crippen LogP) is 2.70. The zero-order chi connectivity index (χ0) is 26.3. The van der Waals surface area contributed by atoms with Gasteiger partial charge in [-0.2, -0.15) is 4.31 Å². The molecule has 2 amide bonds. The Kier molecular flexibility index (Phi) is 7.86. The normalized spacial score (nSPS) is 24.7. The first kappa shape index (κ1) is 27.4. The molecule has 1 aromatic carbocycles. The Labute approximate surface area is 208 Å². The van der Waals surface area contributed by atoms with Crippen molar-refractivity contribution in [2.45, 2.75) is 78.6 Å². The van der Waals surface area contributed by atoms with E-state index in [-0.39, 0.29) is 30.0 Å². The summed E-state index contributed by atoms with van der Waals surface area (Å²) in [6.07, 6.45) is 1.58. The number of likely N-dealkylation sites (tertiary alicyclic amines) is 1. The quantitative estimate of drug-likeness (QED) is 0.607. The van der Waals surface area contributed by atoms with Crippen LogP contribution in [0.3, 0.4) is 0 Å². The molecule has 2 saturated heterocycles. The van der Waals surface area contributed by atoms with Crippen molar-refractivity contribution in [3.8, 4) is 5.75 Å². The molecule has 35 heavy (non-hydrogen) atoms. The summed E-state index contributed by atoms with van der Waals surface area (Å²) in [5, 5.41) is 2.93. The van der Waals surface area contributed by atoms with E-state index in [4.69, 9.17) is 4.74 Å². The minimum absolute atomic E-state index is 0.0624. The minimum Gasteiger partial charge on any atom is -0.487 e. The minimum atomic E-state index is -3.56. The number of amides is 2. The van der Waals surface area contributed by atoms with Crippen LogP contribution < -0.4 is 10.1 Å². The van der Waals surface area contributed by atoms with Gasteiger partial charge in [-0.3, -0.25) is 9.59 Å². The van der Waals surface area contributed by atoms with Gasteiger partial charge >= 0.3 is 0 Å². The number of halogens is 1. The molecule has 5 atom stereocenters. The monoisotopic (exact) mass is 511 g/mol. The molecule has 1 aromatic rings. The highest BCUT2D eigenvalue weighted by Crippen LogP contribution is 2.37. The number of carbonyl (C=O) groups is 2. The summed E-state index contributed by atoms with van der Waals surface area (Å²) in [5.41, 5.74) is -0.0914. The highest BCUT2D eigenvalue weighted by Gasteiger charge is 2.55. The maximum absolute atomic E-state index is 14.2. The van der Waals surface area contributed by atoms with E-state index in [1.54, 1.807) is 24.0 Å². The predicted molar refractivity (Wildman–Crippen MR) is 132 cm³/mol. The Morgan fingerprint density at radius 1 is 1.29 bits per heavy atom. The number of nitrogens with zero attached hydrogens (tertiary/aromatic N) is 2. The van der Waals surface area contributed by atoms with Crippen molar-refractivity contribution in [3.63, 3.8) is 0 Å². The Balaban J connectivity index is 1.93. The molecule has 196 valence electrons. The summed E-state index contributed by atoms with van der Waals surface area (Å²) in [5.74, 6) is -0.830. The lowest BCUT2D eigenvalue weighted by atomic mass is 9.85. The second-order valence-electron chi connectivity index (χ2n) is 10.9. The molecule has 2 aliphatic heterocycles. The van der Waals surface area contributed by atoms with Crippen LogP contribution in [0.1, 0.15) is 53.0 Å². The van der Waals surface area contributed by atoms with E-state index in [0.717, 1.165) is 6.26 Å². The second kappa shape index (κ2) is 10.0. The maximum Gasteiger partial charge on any atom is 0.246 e. The van der Waals surface area contributed by atoms with Crippen LogP contribution in [0.4, 0.5) is 4.39 Å². The van der Waals surface area contributed by atoms with Gasteiger partial charge in [0.1, 0.15) is 23.7 Å². The molecule has 8 nitrogen and oxygen atoms in total. The van der Waals surface area contributed by atoms with Crippen molar-refractivity contribution in [3.05, 3.63) is 29.6 Å². The van der Waals surface area contributed by atoms with Gasteiger partial charge < -0.3 is 15.0 Å². The number of carbonyl (C=O) groups excluding carboxylic acids is 2. The van der Waals surface area contributed by atoms with Crippen molar-refractivity contribution in [2.75, 3.05) is 19.3 Å². The average Bonchev–Trinajstić information content (AvgIpc) is 3.33. The van der Waals surface area contributed by atoms with E-state index in [1.165, 1.54) is 10.4 Å². The third-order valence-electron chi connectivity index (χ3n) is 7.13. The van der Waals surface area contributed by atoms with Crippen LogP contribution in [0.5, 0.6) is 5.75 Å². The van der Waals surface area contributed by atoms with Crippen molar-refractivity contribution >= 4 is 21.8 Å². The second-order valence-corrected chi connectivity index (χ2v) is 12.8. The van der Waals surface area contributed by atoms with E-state index < -0.39 is 45.5 Å². The SMILES string of the molecule is CC[C@@H](C)C(=O)N[C@H](C(=O)N1CC[C@@H]2[C@H]1[C@@H](Oc1ccc(C)c(F)c1)CN2S(C)(=O)=O)C(C)(C)C.